The Bertz CT molecular complexity index is 575. The van der Waals surface area contributed by atoms with Gasteiger partial charge in [0.05, 0.1) is 18.5 Å². The SMILES string of the molecule is N#Cc1cnc(N2CCC([C@@H]3CC[C@H](C(=O)O)O3)CC2)cn1. The number of aliphatic carboxylic acids is 1. The molecule has 2 fully saturated rings. The molecular weight excluding hydrogens is 284 g/mol. The first-order valence-electron chi connectivity index (χ1n) is 7.52. The molecule has 0 spiro atoms. The van der Waals surface area contributed by atoms with E-state index in [4.69, 9.17) is 15.1 Å². The van der Waals surface area contributed by atoms with Crippen molar-refractivity contribution in [2.24, 2.45) is 5.92 Å². The number of piperidine rings is 1. The number of nitriles is 1. The smallest absolute Gasteiger partial charge is 0.332 e. The average molecular weight is 302 g/mol. The van der Waals surface area contributed by atoms with Crippen LogP contribution in [0.15, 0.2) is 12.4 Å². The minimum atomic E-state index is -0.854. The summed E-state index contributed by atoms with van der Waals surface area (Å²) in [7, 11) is 0. The van der Waals surface area contributed by atoms with Crippen molar-refractivity contribution >= 4 is 11.8 Å². The number of nitrogens with zero attached hydrogens (tertiary/aromatic N) is 4. The highest BCUT2D eigenvalue weighted by atomic mass is 16.5. The molecule has 3 heterocycles. The van der Waals surface area contributed by atoms with E-state index in [1.807, 2.05) is 6.07 Å². The number of carboxylic acid groups (broad SMARTS) is 1. The van der Waals surface area contributed by atoms with E-state index in [9.17, 15) is 4.79 Å². The Morgan fingerprint density at radius 2 is 2.05 bits per heavy atom. The van der Waals surface area contributed by atoms with Crippen LogP contribution >= 0.6 is 0 Å². The quantitative estimate of drug-likeness (QED) is 0.895. The molecule has 2 aliphatic rings. The van der Waals surface area contributed by atoms with Crippen molar-refractivity contribution in [3.8, 4) is 6.07 Å². The third kappa shape index (κ3) is 3.02. The number of aromatic nitrogens is 2. The first kappa shape index (κ1) is 14.7. The Labute approximate surface area is 128 Å². The van der Waals surface area contributed by atoms with Crippen LogP contribution in [-0.4, -0.2) is 46.3 Å². The van der Waals surface area contributed by atoms with E-state index in [1.165, 1.54) is 6.20 Å². The summed E-state index contributed by atoms with van der Waals surface area (Å²) in [5.74, 6) is 0.341. The summed E-state index contributed by atoms with van der Waals surface area (Å²) in [6.45, 7) is 1.70. The summed E-state index contributed by atoms with van der Waals surface area (Å²) < 4.78 is 5.65. The average Bonchev–Trinajstić information content (AvgIpc) is 3.05. The molecule has 0 radical (unpaired) electrons. The predicted molar refractivity (Wildman–Crippen MR) is 77.2 cm³/mol. The van der Waals surface area contributed by atoms with Crippen LogP contribution in [0.3, 0.4) is 0 Å². The lowest BCUT2D eigenvalue weighted by Crippen LogP contribution is -2.38. The fourth-order valence-electron chi connectivity index (χ4n) is 3.23. The molecule has 7 heteroatoms. The van der Waals surface area contributed by atoms with Gasteiger partial charge in [-0.1, -0.05) is 0 Å². The van der Waals surface area contributed by atoms with Crippen molar-refractivity contribution in [1.82, 2.24) is 9.97 Å². The Hall–Kier alpha value is -2.20. The Kier molecular flexibility index (Phi) is 4.20. The lowest BCUT2D eigenvalue weighted by atomic mass is 9.90. The van der Waals surface area contributed by atoms with Crippen LogP contribution in [0.25, 0.3) is 0 Å². The van der Waals surface area contributed by atoms with Crippen LogP contribution in [0, 0.1) is 17.2 Å². The molecule has 116 valence electrons. The van der Waals surface area contributed by atoms with Crippen molar-refractivity contribution in [1.29, 1.82) is 5.26 Å². The standard InChI is InChI=1S/C15H18N4O3/c16-7-11-8-18-14(9-17-11)19-5-3-10(4-6-19)12-1-2-13(22-12)15(20)21/h8-10,12-13H,1-6H2,(H,20,21)/t12-,13+/m0/s1. The molecule has 7 nitrogen and oxygen atoms in total. The van der Waals surface area contributed by atoms with Crippen molar-refractivity contribution in [3.63, 3.8) is 0 Å². The molecule has 0 aromatic carbocycles. The van der Waals surface area contributed by atoms with Gasteiger partial charge in [0.2, 0.25) is 0 Å². The van der Waals surface area contributed by atoms with Crippen LogP contribution in [0.5, 0.6) is 0 Å². The predicted octanol–water partition coefficient (Wildman–Crippen LogP) is 1.20. The monoisotopic (exact) mass is 302 g/mol. The molecule has 2 atom stereocenters. The summed E-state index contributed by atoms with van der Waals surface area (Å²) in [6.07, 6.45) is 5.91. The van der Waals surface area contributed by atoms with Gasteiger partial charge in [0.25, 0.3) is 0 Å². The first-order chi connectivity index (χ1) is 10.7. The van der Waals surface area contributed by atoms with Crippen molar-refractivity contribution < 1.29 is 14.6 Å². The van der Waals surface area contributed by atoms with Gasteiger partial charge < -0.3 is 14.7 Å². The van der Waals surface area contributed by atoms with E-state index < -0.39 is 12.1 Å². The summed E-state index contributed by atoms with van der Waals surface area (Å²) in [5.41, 5.74) is 0.317. The van der Waals surface area contributed by atoms with Gasteiger partial charge in [0, 0.05) is 13.1 Å². The molecule has 2 saturated heterocycles. The topological polar surface area (TPSA) is 99.3 Å². The molecule has 0 unspecified atom stereocenters. The second-order valence-electron chi connectivity index (χ2n) is 5.77. The summed E-state index contributed by atoms with van der Waals surface area (Å²) >= 11 is 0. The number of hydrogen-bond donors (Lipinski definition) is 1. The van der Waals surface area contributed by atoms with Gasteiger partial charge in [-0.05, 0) is 31.6 Å². The Morgan fingerprint density at radius 3 is 2.59 bits per heavy atom. The number of anilines is 1. The van der Waals surface area contributed by atoms with Gasteiger partial charge >= 0.3 is 5.97 Å². The van der Waals surface area contributed by atoms with E-state index in [1.54, 1.807) is 6.20 Å². The molecule has 1 aromatic heterocycles. The van der Waals surface area contributed by atoms with Crippen LogP contribution in [0.4, 0.5) is 5.82 Å². The molecule has 0 saturated carbocycles. The molecule has 0 amide bonds. The highest BCUT2D eigenvalue weighted by Gasteiger charge is 2.36. The minimum absolute atomic E-state index is 0.0651. The van der Waals surface area contributed by atoms with E-state index in [0.717, 1.165) is 38.2 Å². The number of hydrogen-bond acceptors (Lipinski definition) is 6. The molecule has 0 aliphatic carbocycles. The zero-order valence-electron chi connectivity index (χ0n) is 12.2. The largest absolute Gasteiger partial charge is 0.479 e. The summed E-state index contributed by atoms with van der Waals surface area (Å²) in [6, 6.07) is 1.96. The first-order valence-corrected chi connectivity index (χ1v) is 7.52. The molecule has 3 rings (SSSR count). The summed E-state index contributed by atoms with van der Waals surface area (Å²) in [5, 5.41) is 17.7. The van der Waals surface area contributed by atoms with Gasteiger partial charge in [-0.15, -0.1) is 0 Å². The van der Waals surface area contributed by atoms with E-state index in [0.29, 0.717) is 18.0 Å². The van der Waals surface area contributed by atoms with Crippen molar-refractivity contribution in [3.05, 3.63) is 18.1 Å². The third-order valence-electron chi connectivity index (χ3n) is 4.47. The normalized spacial score (nSPS) is 25.9. The van der Waals surface area contributed by atoms with Crippen molar-refractivity contribution in [2.75, 3.05) is 18.0 Å². The maximum absolute atomic E-state index is 10.9. The van der Waals surface area contributed by atoms with Crippen LogP contribution in [-0.2, 0) is 9.53 Å². The van der Waals surface area contributed by atoms with E-state index in [2.05, 4.69) is 14.9 Å². The van der Waals surface area contributed by atoms with Crippen LogP contribution in [0.1, 0.15) is 31.4 Å². The van der Waals surface area contributed by atoms with Crippen LogP contribution in [0.2, 0.25) is 0 Å². The van der Waals surface area contributed by atoms with Gasteiger partial charge in [0.1, 0.15) is 11.9 Å². The maximum atomic E-state index is 10.9. The molecular formula is C15H18N4O3. The second-order valence-corrected chi connectivity index (χ2v) is 5.77. The lowest BCUT2D eigenvalue weighted by Gasteiger charge is -2.35. The number of ether oxygens (including phenoxy) is 1. The highest BCUT2D eigenvalue weighted by Crippen LogP contribution is 2.32. The number of rotatable bonds is 3. The minimum Gasteiger partial charge on any atom is -0.479 e. The van der Waals surface area contributed by atoms with E-state index >= 15 is 0 Å². The van der Waals surface area contributed by atoms with Gasteiger partial charge in [-0.2, -0.15) is 5.26 Å². The Balaban J connectivity index is 1.54. The number of carbonyl (C=O) groups is 1. The van der Waals surface area contributed by atoms with Gasteiger partial charge in [0.15, 0.2) is 11.8 Å². The summed E-state index contributed by atoms with van der Waals surface area (Å²) in [4.78, 5) is 21.4. The fourth-order valence-corrected chi connectivity index (χ4v) is 3.23. The van der Waals surface area contributed by atoms with Gasteiger partial charge in [-0.25, -0.2) is 14.8 Å². The third-order valence-corrected chi connectivity index (χ3v) is 4.47. The lowest BCUT2D eigenvalue weighted by molar-refractivity contribution is -0.150. The zero-order valence-corrected chi connectivity index (χ0v) is 12.2. The molecule has 2 aliphatic heterocycles. The fraction of sp³-hybridized carbons (Fsp3) is 0.600. The molecule has 1 N–H and O–H groups in total. The molecule has 0 bridgehead atoms. The maximum Gasteiger partial charge on any atom is 0.332 e. The molecule has 1 aromatic rings. The molecule has 22 heavy (non-hydrogen) atoms. The number of carboxylic acids is 1. The zero-order chi connectivity index (χ0) is 15.5. The highest BCUT2D eigenvalue weighted by molar-refractivity contribution is 5.72. The van der Waals surface area contributed by atoms with Gasteiger partial charge in [-0.3, -0.25) is 0 Å². The van der Waals surface area contributed by atoms with Crippen LogP contribution < -0.4 is 4.90 Å². The van der Waals surface area contributed by atoms with E-state index in [-0.39, 0.29) is 6.10 Å². The van der Waals surface area contributed by atoms with Crippen molar-refractivity contribution in [2.45, 2.75) is 37.9 Å². The Morgan fingerprint density at radius 1 is 1.27 bits per heavy atom. The second kappa shape index (κ2) is 6.28.